The predicted octanol–water partition coefficient (Wildman–Crippen LogP) is 18.4. The molecule has 2 saturated carbocycles. The summed E-state index contributed by atoms with van der Waals surface area (Å²) in [5.74, 6) is 0. The third kappa shape index (κ3) is 10.5. The van der Waals surface area contributed by atoms with E-state index in [4.69, 9.17) is 0 Å². The maximum Gasteiger partial charge on any atom is -0.147 e. The molecule has 62 heavy (non-hydrogen) atoms. The summed E-state index contributed by atoms with van der Waals surface area (Å²) in [4.78, 5) is 0. The first-order valence-electron chi connectivity index (χ1n) is 25.0. The van der Waals surface area contributed by atoms with E-state index in [1.807, 2.05) is 11.1 Å². The Kier molecular flexibility index (Phi) is 17.2. The first kappa shape index (κ1) is 49.5. The average molecular weight is 967 g/mol. The largest absolute Gasteiger partial charge is 0.147 e. The van der Waals surface area contributed by atoms with E-state index in [2.05, 4.69) is 139 Å². The molecular formula is C58H80Cl2SiZr. The summed E-state index contributed by atoms with van der Waals surface area (Å²) in [6.07, 6.45) is 36.3. The van der Waals surface area contributed by atoms with Gasteiger partial charge in [-0.15, -0.1) is 24.8 Å². The van der Waals surface area contributed by atoms with Crippen LogP contribution in [-0.4, -0.2) is 6.88 Å². The first-order valence-corrected chi connectivity index (χ1v) is 38.7. The molecule has 2 unspecified atom stereocenters. The Labute approximate surface area is 393 Å². The van der Waals surface area contributed by atoms with E-state index < -0.39 is 17.4 Å². The van der Waals surface area contributed by atoms with Crippen molar-refractivity contribution in [2.75, 3.05) is 0 Å². The van der Waals surface area contributed by atoms with Crippen molar-refractivity contribution in [1.82, 2.24) is 0 Å². The molecule has 4 aliphatic rings. The van der Waals surface area contributed by atoms with Crippen molar-refractivity contribution in [2.24, 2.45) is 10.8 Å². The third-order valence-electron chi connectivity index (χ3n) is 16.4. The zero-order chi connectivity index (χ0) is 41.7. The van der Waals surface area contributed by atoms with Crippen LogP contribution >= 0.6 is 24.8 Å². The van der Waals surface area contributed by atoms with E-state index in [1.165, 1.54) is 164 Å². The Balaban J connectivity index is 0.00000321. The van der Waals surface area contributed by atoms with Gasteiger partial charge < -0.3 is 0 Å². The van der Waals surface area contributed by atoms with Gasteiger partial charge in [0.05, 0.1) is 0 Å². The average Bonchev–Trinajstić information content (AvgIpc) is 3.87. The summed E-state index contributed by atoms with van der Waals surface area (Å²) in [6, 6.07) is 37.7. The van der Waals surface area contributed by atoms with Crippen LogP contribution in [0.5, 0.6) is 0 Å². The monoisotopic (exact) mass is 964 g/mol. The second kappa shape index (κ2) is 21.6. The van der Waals surface area contributed by atoms with Gasteiger partial charge in [-0.25, -0.2) is 0 Å². The van der Waals surface area contributed by atoms with Crippen LogP contribution in [0.1, 0.15) is 185 Å². The molecule has 0 amide bonds. The van der Waals surface area contributed by atoms with Crippen molar-refractivity contribution in [2.45, 2.75) is 172 Å². The molecule has 0 bridgehead atoms. The Morgan fingerprint density at radius 3 is 1.15 bits per heavy atom. The minimum Gasteiger partial charge on any atom is -0.147 e. The van der Waals surface area contributed by atoms with Gasteiger partial charge in [0.15, 0.2) is 0 Å². The van der Waals surface area contributed by atoms with Gasteiger partial charge >= 0.3 is 372 Å². The topological polar surface area (TPSA) is 0 Å². The van der Waals surface area contributed by atoms with Crippen molar-refractivity contribution in [3.8, 4) is 22.3 Å². The van der Waals surface area contributed by atoms with Gasteiger partial charge in [-0.2, -0.15) is 0 Å². The second-order valence-electron chi connectivity index (χ2n) is 21.7. The van der Waals surface area contributed by atoms with Crippen LogP contribution < -0.4 is 0 Å². The summed E-state index contributed by atoms with van der Waals surface area (Å²) < 4.78 is 6.98. The molecule has 0 saturated heterocycles. The zero-order valence-corrected chi connectivity index (χ0v) is 44.6. The van der Waals surface area contributed by atoms with Crippen molar-refractivity contribution < 1.29 is 17.4 Å². The van der Waals surface area contributed by atoms with Crippen LogP contribution in [0, 0.1) is 10.8 Å². The number of rotatable bonds is 12. The van der Waals surface area contributed by atoms with E-state index in [1.54, 1.807) is 22.3 Å². The molecule has 0 spiro atoms. The van der Waals surface area contributed by atoms with Crippen molar-refractivity contribution in [3.05, 3.63) is 130 Å². The first-order chi connectivity index (χ1) is 29.1. The fourth-order valence-electron chi connectivity index (χ4n) is 14.0. The van der Waals surface area contributed by atoms with Crippen LogP contribution in [0.2, 0.25) is 9.26 Å². The third-order valence-corrected chi connectivity index (χ3v) is 33.9. The SMILES string of the molecule is CCCC1(CC2=Cc3c(-c4ccccc4)cccc3[CH]2[Zr]([CH3])([CH3])(=[SiH2])[CH]2C(CC3(CCC)CCCCCCCC3)=Cc3c(-c4ccccc4)cccc32)CCCCCCCC1.Cl.Cl. The fourth-order valence-corrected chi connectivity index (χ4v) is 33.7. The van der Waals surface area contributed by atoms with Gasteiger partial charge in [-0.05, 0) is 0 Å². The van der Waals surface area contributed by atoms with Crippen LogP contribution in [0.3, 0.4) is 0 Å². The van der Waals surface area contributed by atoms with Crippen molar-refractivity contribution >= 4 is 43.8 Å². The molecule has 4 aromatic carbocycles. The van der Waals surface area contributed by atoms with Crippen LogP contribution in [-0.2, 0) is 17.4 Å². The molecule has 0 N–H and O–H groups in total. The number of fused-ring (bicyclic) bond motifs is 2. The van der Waals surface area contributed by atoms with Gasteiger partial charge in [0, 0.05) is 0 Å². The van der Waals surface area contributed by atoms with E-state index in [-0.39, 0.29) is 24.8 Å². The quantitative estimate of drug-likeness (QED) is 0.124. The van der Waals surface area contributed by atoms with Gasteiger partial charge in [0.1, 0.15) is 0 Å². The Hall–Kier alpha value is -1.96. The number of hydrogen-bond donors (Lipinski definition) is 0. The summed E-state index contributed by atoms with van der Waals surface area (Å²) >= 11 is -4.01. The summed E-state index contributed by atoms with van der Waals surface area (Å²) in [5, 5.41) is 0. The molecule has 0 radical (unpaired) electrons. The molecular weight excluding hydrogens is 887 g/mol. The van der Waals surface area contributed by atoms with E-state index >= 15 is 0 Å². The maximum atomic E-state index is 2.96. The molecule has 2 atom stereocenters. The number of hydrogen-bond acceptors (Lipinski definition) is 0. The van der Waals surface area contributed by atoms with Crippen molar-refractivity contribution in [1.29, 1.82) is 0 Å². The molecule has 0 nitrogen and oxygen atoms in total. The van der Waals surface area contributed by atoms with E-state index in [9.17, 15) is 0 Å². The molecule has 8 rings (SSSR count). The Bertz CT molecular complexity index is 2040. The van der Waals surface area contributed by atoms with Gasteiger partial charge in [0.25, 0.3) is 0 Å². The van der Waals surface area contributed by atoms with Gasteiger partial charge in [-0.3, -0.25) is 0 Å². The second-order valence-corrected chi connectivity index (χ2v) is 52.2. The van der Waals surface area contributed by atoms with Crippen molar-refractivity contribution in [3.63, 3.8) is 0 Å². The van der Waals surface area contributed by atoms with Crippen LogP contribution in [0.15, 0.2) is 108 Å². The smallest absolute Gasteiger partial charge is 0.147 e. The molecule has 0 aromatic heterocycles. The predicted molar refractivity (Wildman–Crippen MR) is 278 cm³/mol. The zero-order valence-electron chi connectivity index (χ0n) is 39.1. The number of benzene rings is 4. The summed E-state index contributed by atoms with van der Waals surface area (Å²) in [5.41, 5.74) is 16.6. The molecule has 4 aromatic rings. The van der Waals surface area contributed by atoms with Gasteiger partial charge in [-0.1, -0.05) is 0 Å². The van der Waals surface area contributed by atoms with E-state index in [0.717, 1.165) is 0 Å². The van der Waals surface area contributed by atoms with Crippen LogP contribution in [0.25, 0.3) is 34.4 Å². The summed E-state index contributed by atoms with van der Waals surface area (Å²) in [6.45, 7) is 7.56. The fraction of sp³-hybridized carbons (Fsp3) is 0.517. The Morgan fingerprint density at radius 1 is 0.468 bits per heavy atom. The van der Waals surface area contributed by atoms with E-state index in [0.29, 0.717) is 18.1 Å². The number of allylic oxidation sites excluding steroid dienone is 2. The summed E-state index contributed by atoms with van der Waals surface area (Å²) in [7, 11) is 0. The minimum absolute atomic E-state index is 0. The van der Waals surface area contributed by atoms with Gasteiger partial charge in [0.2, 0.25) is 0 Å². The standard InChI is InChI=1S/2C28H35.2CH3.2ClH.H2Si.Zr/c2*1-2-17-28(18-10-5-3-4-6-11-19-28)22-23-20-25-15-12-16-26(27(25)21-23)24-13-8-7-9-14-24;;;;;;/h2*7-9,12-16,20-21H,2-6,10-11,17-19,22H2,1H3;2*1H3;2*1H;1H2;. The molecule has 4 aliphatic carbocycles. The Morgan fingerprint density at radius 2 is 0.806 bits per heavy atom. The normalized spacial score (nSPS) is 21.4. The molecule has 334 valence electrons. The number of halogens is 2. The van der Waals surface area contributed by atoms with Crippen LogP contribution in [0.4, 0.5) is 0 Å². The molecule has 4 heteroatoms. The molecule has 0 heterocycles. The maximum absolute atomic E-state index is 4.01. The minimum atomic E-state index is -4.01. The molecule has 0 aliphatic heterocycles. The molecule has 2 fully saturated rings.